The summed E-state index contributed by atoms with van der Waals surface area (Å²) in [6.07, 6.45) is 1.06. The van der Waals surface area contributed by atoms with Crippen LogP contribution in [0.1, 0.15) is 24.1 Å². The van der Waals surface area contributed by atoms with Crippen molar-refractivity contribution in [3.63, 3.8) is 0 Å². The molecule has 1 rings (SSSR count). The van der Waals surface area contributed by atoms with Crippen molar-refractivity contribution in [3.8, 4) is 0 Å². The summed E-state index contributed by atoms with van der Waals surface area (Å²) in [6, 6.07) is 8.41. The largest absolute Gasteiger partial charge is 0.394 e. The van der Waals surface area contributed by atoms with Crippen molar-refractivity contribution in [2.45, 2.75) is 19.4 Å². The van der Waals surface area contributed by atoms with Gasteiger partial charge in [-0.25, -0.2) is 0 Å². The fourth-order valence-electron chi connectivity index (χ4n) is 1.35. The summed E-state index contributed by atoms with van der Waals surface area (Å²) < 4.78 is 0. The number of nitrogens with one attached hydrogen (secondary N) is 1. The van der Waals surface area contributed by atoms with Crippen LogP contribution in [0.5, 0.6) is 0 Å². The van der Waals surface area contributed by atoms with Gasteiger partial charge in [-0.05, 0) is 24.6 Å². The molecule has 0 saturated carbocycles. The second-order valence-electron chi connectivity index (χ2n) is 3.12. The Morgan fingerprint density at radius 1 is 1.31 bits per heavy atom. The first-order valence-electron chi connectivity index (χ1n) is 4.68. The van der Waals surface area contributed by atoms with E-state index in [-0.39, 0.29) is 12.6 Å². The van der Waals surface area contributed by atoms with Gasteiger partial charge >= 0.3 is 0 Å². The van der Waals surface area contributed by atoms with E-state index in [4.69, 9.17) is 5.11 Å². The van der Waals surface area contributed by atoms with E-state index < -0.39 is 0 Å². The fourth-order valence-corrected chi connectivity index (χ4v) is 1.35. The van der Waals surface area contributed by atoms with Crippen molar-refractivity contribution in [2.24, 2.45) is 0 Å². The van der Waals surface area contributed by atoms with Crippen LogP contribution in [-0.2, 0) is 6.42 Å². The molecule has 0 spiro atoms. The van der Waals surface area contributed by atoms with Gasteiger partial charge < -0.3 is 10.4 Å². The van der Waals surface area contributed by atoms with Crippen molar-refractivity contribution in [1.29, 1.82) is 0 Å². The van der Waals surface area contributed by atoms with Crippen LogP contribution in [0.15, 0.2) is 24.3 Å². The highest BCUT2D eigenvalue weighted by atomic mass is 16.3. The summed E-state index contributed by atoms with van der Waals surface area (Å²) >= 11 is 0. The van der Waals surface area contributed by atoms with Crippen LogP contribution in [-0.4, -0.2) is 18.8 Å². The Balaban J connectivity index is 2.78. The van der Waals surface area contributed by atoms with Crippen molar-refractivity contribution >= 4 is 0 Å². The molecule has 0 bridgehead atoms. The average Bonchev–Trinajstić information content (AvgIpc) is 2.21. The van der Waals surface area contributed by atoms with Gasteiger partial charge in [0.1, 0.15) is 0 Å². The number of likely N-dealkylation sites (N-methyl/N-ethyl adjacent to an activating group) is 1. The predicted octanol–water partition coefficient (Wildman–Crippen LogP) is 1.50. The number of aliphatic hydroxyl groups excluding tert-OH is 1. The second kappa shape index (κ2) is 5.00. The molecule has 2 nitrogen and oxygen atoms in total. The van der Waals surface area contributed by atoms with Crippen molar-refractivity contribution in [2.75, 3.05) is 13.7 Å². The Morgan fingerprint density at radius 3 is 2.31 bits per heavy atom. The molecular formula is C11H17NO. The summed E-state index contributed by atoms with van der Waals surface area (Å²) in [5.41, 5.74) is 2.47. The van der Waals surface area contributed by atoms with Gasteiger partial charge in [-0.2, -0.15) is 0 Å². The van der Waals surface area contributed by atoms with Crippen LogP contribution in [0.25, 0.3) is 0 Å². The number of rotatable bonds is 4. The third-order valence-electron chi connectivity index (χ3n) is 2.32. The average molecular weight is 179 g/mol. The number of aryl methyl sites for hydroxylation is 1. The molecule has 2 heteroatoms. The van der Waals surface area contributed by atoms with E-state index in [0.717, 1.165) is 12.0 Å². The van der Waals surface area contributed by atoms with Gasteiger partial charge in [-0.15, -0.1) is 0 Å². The Morgan fingerprint density at radius 2 is 1.92 bits per heavy atom. The zero-order valence-corrected chi connectivity index (χ0v) is 8.25. The second-order valence-corrected chi connectivity index (χ2v) is 3.12. The van der Waals surface area contributed by atoms with Gasteiger partial charge in [0, 0.05) is 0 Å². The highest BCUT2D eigenvalue weighted by Gasteiger charge is 2.05. The van der Waals surface area contributed by atoms with Gasteiger partial charge in [0.15, 0.2) is 0 Å². The molecule has 0 aliphatic heterocycles. The SMILES string of the molecule is CCc1ccc([C@@H](CO)NC)cc1. The summed E-state index contributed by atoms with van der Waals surface area (Å²) in [5, 5.41) is 12.1. The number of aliphatic hydroxyl groups is 1. The van der Waals surface area contributed by atoms with E-state index in [1.807, 2.05) is 7.05 Å². The molecule has 0 heterocycles. The van der Waals surface area contributed by atoms with Crippen LogP contribution >= 0.6 is 0 Å². The first kappa shape index (κ1) is 10.2. The topological polar surface area (TPSA) is 32.3 Å². The van der Waals surface area contributed by atoms with Gasteiger partial charge in [0.25, 0.3) is 0 Å². The highest BCUT2D eigenvalue weighted by Crippen LogP contribution is 2.12. The first-order chi connectivity index (χ1) is 6.31. The zero-order valence-electron chi connectivity index (χ0n) is 8.25. The Labute approximate surface area is 79.6 Å². The molecule has 72 valence electrons. The predicted molar refractivity (Wildman–Crippen MR) is 54.7 cm³/mol. The third kappa shape index (κ3) is 2.54. The molecule has 0 fully saturated rings. The summed E-state index contributed by atoms with van der Waals surface area (Å²) in [5.74, 6) is 0. The number of hydrogen-bond donors (Lipinski definition) is 2. The lowest BCUT2D eigenvalue weighted by atomic mass is 10.0. The monoisotopic (exact) mass is 179 g/mol. The van der Waals surface area contributed by atoms with Gasteiger partial charge in [-0.3, -0.25) is 0 Å². The lowest BCUT2D eigenvalue weighted by Gasteiger charge is -2.13. The zero-order chi connectivity index (χ0) is 9.68. The smallest absolute Gasteiger partial charge is 0.0626 e. The molecule has 0 aliphatic carbocycles. The van der Waals surface area contributed by atoms with Gasteiger partial charge in [0.05, 0.1) is 12.6 Å². The minimum atomic E-state index is 0.0610. The van der Waals surface area contributed by atoms with Crippen molar-refractivity contribution in [1.82, 2.24) is 5.32 Å². The molecule has 1 aromatic rings. The van der Waals surface area contributed by atoms with E-state index in [1.165, 1.54) is 5.56 Å². The minimum absolute atomic E-state index is 0.0610. The first-order valence-corrected chi connectivity index (χ1v) is 4.68. The van der Waals surface area contributed by atoms with Crippen molar-refractivity contribution in [3.05, 3.63) is 35.4 Å². The van der Waals surface area contributed by atoms with Gasteiger partial charge in [0.2, 0.25) is 0 Å². The quantitative estimate of drug-likeness (QED) is 0.734. The maximum absolute atomic E-state index is 9.04. The Bertz CT molecular complexity index is 239. The lowest BCUT2D eigenvalue weighted by Crippen LogP contribution is -2.19. The van der Waals surface area contributed by atoms with Crippen LogP contribution in [0.4, 0.5) is 0 Å². The molecule has 13 heavy (non-hydrogen) atoms. The Hall–Kier alpha value is -0.860. The standard InChI is InChI=1S/C11H17NO/c1-3-9-4-6-10(7-5-9)11(8-13)12-2/h4-7,11-13H,3,8H2,1-2H3/t11-/m1/s1. The van der Waals surface area contributed by atoms with E-state index in [1.54, 1.807) is 0 Å². The molecule has 0 aliphatic rings. The lowest BCUT2D eigenvalue weighted by molar-refractivity contribution is 0.251. The molecular weight excluding hydrogens is 162 g/mol. The van der Waals surface area contributed by atoms with Crippen LogP contribution < -0.4 is 5.32 Å². The van der Waals surface area contributed by atoms with E-state index in [0.29, 0.717) is 0 Å². The summed E-state index contributed by atoms with van der Waals surface area (Å²) in [4.78, 5) is 0. The third-order valence-corrected chi connectivity index (χ3v) is 2.32. The molecule has 0 radical (unpaired) electrons. The molecule has 1 aromatic carbocycles. The minimum Gasteiger partial charge on any atom is -0.394 e. The van der Waals surface area contributed by atoms with E-state index in [9.17, 15) is 0 Å². The van der Waals surface area contributed by atoms with E-state index >= 15 is 0 Å². The fraction of sp³-hybridized carbons (Fsp3) is 0.455. The Kier molecular flexibility index (Phi) is 3.93. The normalized spacial score (nSPS) is 12.8. The van der Waals surface area contributed by atoms with Crippen LogP contribution in [0, 0.1) is 0 Å². The molecule has 0 saturated heterocycles. The molecule has 1 atom stereocenters. The van der Waals surface area contributed by atoms with E-state index in [2.05, 4.69) is 36.5 Å². The molecule has 0 aromatic heterocycles. The van der Waals surface area contributed by atoms with Gasteiger partial charge in [-0.1, -0.05) is 31.2 Å². The highest BCUT2D eigenvalue weighted by molar-refractivity contribution is 5.24. The number of hydrogen-bond acceptors (Lipinski definition) is 2. The molecule has 0 amide bonds. The molecule has 2 N–H and O–H groups in total. The van der Waals surface area contributed by atoms with Crippen LogP contribution in [0.2, 0.25) is 0 Å². The van der Waals surface area contributed by atoms with Crippen LogP contribution in [0.3, 0.4) is 0 Å². The maximum Gasteiger partial charge on any atom is 0.0626 e. The number of benzene rings is 1. The summed E-state index contributed by atoms with van der Waals surface area (Å²) in [6.45, 7) is 2.28. The maximum atomic E-state index is 9.04. The van der Waals surface area contributed by atoms with Crippen molar-refractivity contribution < 1.29 is 5.11 Å². The molecule has 0 unspecified atom stereocenters. The summed E-state index contributed by atoms with van der Waals surface area (Å²) in [7, 11) is 1.86.